The number of aryl methyl sites for hydroxylation is 2. The van der Waals surface area contributed by atoms with Crippen molar-refractivity contribution in [3.05, 3.63) is 53.3 Å². The highest BCUT2D eigenvalue weighted by molar-refractivity contribution is 5.95. The van der Waals surface area contributed by atoms with E-state index in [1.165, 1.54) is 11.1 Å². The van der Waals surface area contributed by atoms with Gasteiger partial charge in [0, 0.05) is 17.9 Å². The molecule has 1 aliphatic carbocycles. The maximum Gasteiger partial charge on any atom is 0.253 e. The normalized spacial score (nSPS) is 13.8. The van der Waals surface area contributed by atoms with Crippen LogP contribution in [0, 0.1) is 13.8 Å². The van der Waals surface area contributed by atoms with Gasteiger partial charge in [0.05, 0.1) is 17.4 Å². The number of rotatable bonds is 4. The number of nitrogens with zero attached hydrogens (tertiary/aromatic N) is 1. The van der Waals surface area contributed by atoms with E-state index in [0.29, 0.717) is 11.6 Å². The van der Waals surface area contributed by atoms with E-state index in [4.69, 9.17) is 0 Å². The molecule has 4 nitrogen and oxygen atoms in total. The van der Waals surface area contributed by atoms with E-state index in [1.807, 2.05) is 12.1 Å². The molecule has 1 heterocycles. The molecule has 0 saturated heterocycles. The van der Waals surface area contributed by atoms with E-state index < -0.39 is 0 Å². The molecule has 1 aromatic carbocycles. The molecule has 4 heteroatoms. The lowest BCUT2D eigenvalue weighted by atomic mass is 10.1. The molecule has 0 spiro atoms. The van der Waals surface area contributed by atoms with Crippen molar-refractivity contribution in [3.63, 3.8) is 0 Å². The Morgan fingerprint density at radius 1 is 1.19 bits per heavy atom. The fourth-order valence-electron chi connectivity index (χ4n) is 2.28. The van der Waals surface area contributed by atoms with E-state index >= 15 is 0 Å². The first-order valence-electron chi connectivity index (χ1n) is 7.22. The Balaban J connectivity index is 1.81. The molecule has 1 amide bonds. The van der Waals surface area contributed by atoms with Crippen LogP contribution in [0.15, 0.2) is 36.7 Å². The zero-order valence-corrected chi connectivity index (χ0v) is 12.3. The topological polar surface area (TPSA) is 54.0 Å². The quantitative estimate of drug-likeness (QED) is 0.903. The lowest BCUT2D eigenvalue weighted by Crippen LogP contribution is -2.25. The van der Waals surface area contributed by atoms with Crippen LogP contribution >= 0.6 is 0 Å². The number of aromatic nitrogens is 1. The van der Waals surface area contributed by atoms with Gasteiger partial charge >= 0.3 is 0 Å². The van der Waals surface area contributed by atoms with Gasteiger partial charge < -0.3 is 10.6 Å². The Hall–Kier alpha value is -2.36. The third-order valence-corrected chi connectivity index (χ3v) is 3.66. The molecule has 2 N–H and O–H groups in total. The maximum atomic E-state index is 12.1. The molecule has 3 rings (SSSR count). The summed E-state index contributed by atoms with van der Waals surface area (Å²) in [6.45, 7) is 4.12. The highest BCUT2D eigenvalue weighted by Gasteiger charge is 2.23. The van der Waals surface area contributed by atoms with Crippen molar-refractivity contribution in [2.24, 2.45) is 0 Å². The van der Waals surface area contributed by atoms with E-state index in [-0.39, 0.29) is 5.91 Å². The van der Waals surface area contributed by atoms with Gasteiger partial charge in [0.15, 0.2) is 0 Å². The molecule has 0 radical (unpaired) electrons. The molecule has 1 fully saturated rings. The standard InChI is InChI=1S/C17H19N3O/c1-11-4-3-5-12(2)16(11)19-15-8-13(9-18-10-15)17(21)20-14-6-7-14/h3-5,8-10,14,19H,6-7H2,1-2H3,(H,20,21). The monoisotopic (exact) mass is 281 g/mol. The summed E-state index contributed by atoms with van der Waals surface area (Å²) in [5, 5.41) is 6.34. The Bertz CT molecular complexity index is 657. The summed E-state index contributed by atoms with van der Waals surface area (Å²) in [5.41, 5.74) is 4.83. The van der Waals surface area contributed by atoms with E-state index in [1.54, 1.807) is 12.4 Å². The van der Waals surface area contributed by atoms with Crippen LogP contribution in [0.25, 0.3) is 0 Å². The second kappa shape index (κ2) is 5.56. The van der Waals surface area contributed by atoms with Gasteiger partial charge in [0.1, 0.15) is 0 Å². The summed E-state index contributed by atoms with van der Waals surface area (Å²) < 4.78 is 0. The number of benzene rings is 1. The predicted molar refractivity (Wildman–Crippen MR) is 83.9 cm³/mol. The highest BCUT2D eigenvalue weighted by atomic mass is 16.1. The highest BCUT2D eigenvalue weighted by Crippen LogP contribution is 2.24. The average Bonchev–Trinajstić information content (AvgIpc) is 3.27. The van der Waals surface area contributed by atoms with Crippen LogP contribution in [0.3, 0.4) is 0 Å². The lowest BCUT2D eigenvalue weighted by Gasteiger charge is -2.13. The molecule has 0 unspecified atom stereocenters. The number of anilines is 2. The lowest BCUT2D eigenvalue weighted by molar-refractivity contribution is 0.0951. The van der Waals surface area contributed by atoms with Crippen LogP contribution in [-0.2, 0) is 0 Å². The molecule has 108 valence electrons. The number of amides is 1. The smallest absolute Gasteiger partial charge is 0.253 e. The Morgan fingerprint density at radius 3 is 2.57 bits per heavy atom. The van der Waals surface area contributed by atoms with Crippen LogP contribution in [0.1, 0.15) is 34.3 Å². The SMILES string of the molecule is Cc1cccc(C)c1Nc1cncc(C(=O)NC2CC2)c1. The zero-order valence-electron chi connectivity index (χ0n) is 12.3. The minimum Gasteiger partial charge on any atom is -0.354 e. The predicted octanol–water partition coefficient (Wildman–Crippen LogP) is 3.33. The van der Waals surface area contributed by atoms with Crippen molar-refractivity contribution in [1.29, 1.82) is 0 Å². The number of carbonyl (C=O) groups excluding carboxylic acids is 1. The maximum absolute atomic E-state index is 12.1. The average molecular weight is 281 g/mol. The summed E-state index contributed by atoms with van der Waals surface area (Å²) in [6.07, 6.45) is 5.51. The molecule has 1 aromatic heterocycles. The number of nitrogens with one attached hydrogen (secondary N) is 2. The van der Waals surface area contributed by atoms with Gasteiger partial charge in [0.2, 0.25) is 0 Å². The van der Waals surface area contributed by atoms with Crippen molar-refractivity contribution in [2.75, 3.05) is 5.32 Å². The van der Waals surface area contributed by atoms with Crippen molar-refractivity contribution in [1.82, 2.24) is 10.3 Å². The van der Waals surface area contributed by atoms with Crippen molar-refractivity contribution in [2.45, 2.75) is 32.7 Å². The van der Waals surface area contributed by atoms with Gasteiger partial charge in [-0.3, -0.25) is 9.78 Å². The number of carbonyl (C=O) groups is 1. The van der Waals surface area contributed by atoms with Crippen LogP contribution in [0.4, 0.5) is 11.4 Å². The molecule has 2 aromatic rings. The molecule has 0 aliphatic heterocycles. The molecule has 1 saturated carbocycles. The van der Waals surface area contributed by atoms with Gasteiger partial charge in [0.25, 0.3) is 5.91 Å². The third-order valence-electron chi connectivity index (χ3n) is 3.66. The number of hydrogen-bond donors (Lipinski definition) is 2. The second-order valence-corrected chi connectivity index (χ2v) is 5.60. The Kier molecular flexibility index (Phi) is 3.60. The summed E-state index contributed by atoms with van der Waals surface area (Å²) in [7, 11) is 0. The molecule has 0 bridgehead atoms. The first-order chi connectivity index (χ1) is 10.1. The van der Waals surface area contributed by atoms with Gasteiger partial charge in [-0.05, 0) is 43.9 Å². The van der Waals surface area contributed by atoms with Gasteiger partial charge in [-0.15, -0.1) is 0 Å². The van der Waals surface area contributed by atoms with Crippen LogP contribution in [0.2, 0.25) is 0 Å². The van der Waals surface area contributed by atoms with Gasteiger partial charge in [-0.1, -0.05) is 18.2 Å². The van der Waals surface area contributed by atoms with Crippen LogP contribution in [-0.4, -0.2) is 16.9 Å². The number of para-hydroxylation sites is 1. The number of pyridine rings is 1. The number of hydrogen-bond acceptors (Lipinski definition) is 3. The van der Waals surface area contributed by atoms with Crippen LogP contribution < -0.4 is 10.6 Å². The van der Waals surface area contributed by atoms with Crippen LogP contribution in [0.5, 0.6) is 0 Å². The summed E-state index contributed by atoms with van der Waals surface area (Å²) in [5.74, 6) is -0.0462. The van der Waals surface area contributed by atoms with E-state index in [0.717, 1.165) is 24.2 Å². The minimum atomic E-state index is -0.0462. The summed E-state index contributed by atoms with van der Waals surface area (Å²) in [4.78, 5) is 16.2. The van der Waals surface area contributed by atoms with Crippen molar-refractivity contribution < 1.29 is 4.79 Å². The summed E-state index contributed by atoms with van der Waals surface area (Å²) in [6, 6.07) is 8.36. The largest absolute Gasteiger partial charge is 0.354 e. The third kappa shape index (κ3) is 3.21. The van der Waals surface area contributed by atoms with Gasteiger partial charge in [-0.25, -0.2) is 0 Å². The van der Waals surface area contributed by atoms with Crippen molar-refractivity contribution in [3.8, 4) is 0 Å². The van der Waals surface area contributed by atoms with E-state index in [9.17, 15) is 4.79 Å². The first kappa shape index (κ1) is 13.6. The fraction of sp³-hybridized carbons (Fsp3) is 0.294. The minimum absolute atomic E-state index is 0.0462. The van der Waals surface area contributed by atoms with Crippen molar-refractivity contribution >= 4 is 17.3 Å². The summed E-state index contributed by atoms with van der Waals surface area (Å²) >= 11 is 0. The molecular weight excluding hydrogens is 262 g/mol. The fourth-order valence-corrected chi connectivity index (χ4v) is 2.28. The molecule has 21 heavy (non-hydrogen) atoms. The molecule has 0 atom stereocenters. The van der Waals surface area contributed by atoms with Gasteiger partial charge in [-0.2, -0.15) is 0 Å². The molecule has 1 aliphatic rings. The zero-order chi connectivity index (χ0) is 14.8. The first-order valence-corrected chi connectivity index (χ1v) is 7.22. The Morgan fingerprint density at radius 2 is 1.90 bits per heavy atom. The second-order valence-electron chi connectivity index (χ2n) is 5.60. The van der Waals surface area contributed by atoms with E-state index in [2.05, 4.69) is 41.6 Å². The Labute approximate surface area is 124 Å². The molecular formula is C17H19N3O.